The highest BCUT2D eigenvalue weighted by Crippen LogP contribution is 2.14. The fraction of sp³-hybridized carbons (Fsp3) is 0.500. The Morgan fingerprint density at radius 2 is 0.505 bits per heavy atom. The molecule has 0 N–H and O–H groups in total. The van der Waals surface area contributed by atoms with Gasteiger partial charge < -0.3 is 33.3 Å². The van der Waals surface area contributed by atoms with Crippen molar-refractivity contribution in [3.8, 4) is 0 Å². The summed E-state index contributed by atoms with van der Waals surface area (Å²) in [6.07, 6.45) is 136. The first-order valence-electron chi connectivity index (χ1n) is 41.1. The van der Waals surface area contributed by atoms with E-state index in [1.807, 2.05) is 21.1 Å². The van der Waals surface area contributed by atoms with Crippen molar-refractivity contribution in [1.82, 2.24) is 0 Å². The SMILES string of the molecule is CC/C=C\C/C=C\C/C=C\C/C=C\C/C=C\C/C=C\C/C=C\C/C=C\C/C=C\C/C=C\C/C=C\C/C=C\CCCCCCC(=O)OC(COC(=O)CCCCCCCCC/C=C\C/C=C\C/C=C\C/C=C\C/C=C\C/C=C\C/C=C\C/C=C\C/C=C\C/C=C\C/C=C\CC)COC(OCC[N+](C)(C)C)C(=O)[O-]. The normalized spacial score (nSPS) is 14.1. The van der Waals surface area contributed by atoms with Gasteiger partial charge in [0.05, 0.1) is 40.3 Å². The number of unbranched alkanes of at least 4 members (excludes halogenated alkanes) is 11. The third-order valence-electron chi connectivity index (χ3n) is 16.2. The molecule has 0 aromatic carbocycles. The summed E-state index contributed by atoms with van der Waals surface area (Å²) < 4.78 is 22.8. The van der Waals surface area contributed by atoms with Crippen molar-refractivity contribution < 1.29 is 42.9 Å². The number of allylic oxidation sites excluding steroid dienone is 46. The van der Waals surface area contributed by atoms with Crippen LogP contribution in [-0.4, -0.2) is 82.3 Å². The average molecular weight is 1470 g/mol. The summed E-state index contributed by atoms with van der Waals surface area (Å²) in [5.74, 6) is -2.37. The summed E-state index contributed by atoms with van der Waals surface area (Å²) in [6, 6.07) is 0. The highest BCUT2D eigenvalue weighted by Gasteiger charge is 2.22. The van der Waals surface area contributed by atoms with Gasteiger partial charge in [-0.25, -0.2) is 0 Å². The molecular formula is C98H147NO8. The molecule has 0 amide bonds. The molecule has 0 radical (unpaired) electrons. The van der Waals surface area contributed by atoms with Crippen molar-refractivity contribution in [2.45, 2.75) is 270 Å². The topological polar surface area (TPSA) is 111 Å². The number of carboxylic acids is 1. The van der Waals surface area contributed by atoms with E-state index in [0.29, 0.717) is 23.9 Å². The summed E-state index contributed by atoms with van der Waals surface area (Å²) >= 11 is 0. The fourth-order valence-corrected chi connectivity index (χ4v) is 9.99. The van der Waals surface area contributed by atoms with E-state index in [2.05, 4.69) is 293 Å². The van der Waals surface area contributed by atoms with Gasteiger partial charge in [0.1, 0.15) is 13.2 Å². The van der Waals surface area contributed by atoms with E-state index < -0.39 is 24.3 Å². The standard InChI is InChI=1S/C98H147NO8/c1-6-8-10-12-14-16-18-20-22-24-26-28-30-32-34-36-38-40-42-44-46-48-50-52-54-56-58-60-62-64-66-68-70-72-74-76-78-80-82-84-86-88-95(100)105-92-94(93-106-98(97(102)103)104-91-90-99(3,4)5)107-96(101)89-87-85-83-81-79-77-75-73-71-69-67-65-63-61-59-57-55-53-51-49-47-45-43-41-39-37-35-33-31-29-27-25-23-21-19-17-15-13-11-9-7-2/h8-11,14-17,20-23,26-29,32-35,38-41,44-47,50-53,56-59,62-65,68-71,75,77,94,98H,6-7,12-13,18-19,24-25,30-31,36-37,42-43,48-49,54-55,60-61,66-67,72-74,76,78-93H2,1-5H3/b10-8-,11-9-,16-14-,17-15-,22-20-,23-21-,28-26-,29-27-,34-32-,35-33-,40-38-,41-39-,46-44-,47-45-,52-50-,53-51-,58-56-,59-57-,64-62-,65-63-,70-68-,71-69-,77-75-. The number of aliphatic carboxylic acids is 1. The van der Waals surface area contributed by atoms with Gasteiger partial charge in [-0.05, 0) is 186 Å². The molecule has 0 aliphatic rings. The van der Waals surface area contributed by atoms with E-state index in [4.69, 9.17) is 18.9 Å². The Balaban J connectivity index is 4.25. The molecule has 0 bridgehead atoms. The fourth-order valence-electron chi connectivity index (χ4n) is 9.99. The molecule has 0 aliphatic carbocycles. The molecule has 9 heteroatoms. The molecule has 9 nitrogen and oxygen atoms in total. The zero-order chi connectivity index (χ0) is 77.4. The summed E-state index contributed by atoms with van der Waals surface area (Å²) in [6.45, 7) is 4.44. The molecule has 0 saturated heterocycles. The van der Waals surface area contributed by atoms with Gasteiger partial charge in [0, 0.05) is 12.8 Å². The highest BCUT2D eigenvalue weighted by atomic mass is 16.7. The van der Waals surface area contributed by atoms with Gasteiger partial charge >= 0.3 is 11.9 Å². The van der Waals surface area contributed by atoms with Gasteiger partial charge in [0.15, 0.2) is 12.4 Å². The Morgan fingerprint density at radius 3 is 0.748 bits per heavy atom. The second-order valence-corrected chi connectivity index (χ2v) is 27.2. The van der Waals surface area contributed by atoms with Crippen molar-refractivity contribution in [3.05, 3.63) is 279 Å². The molecule has 0 heterocycles. The Labute approximate surface area is 654 Å². The molecule has 0 saturated carbocycles. The molecule has 0 rings (SSSR count). The number of nitrogens with zero attached hydrogens (tertiary/aromatic N) is 1. The summed E-state index contributed by atoms with van der Waals surface area (Å²) in [5, 5.41) is 11.9. The Bertz CT molecular complexity index is 2830. The van der Waals surface area contributed by atoms with Gasteiger partial charge in [-0.15, -0.1) is 0 Å². The summed E-state index contributed by atoms with van der Waals surface area (Å²) in [7, 11) is 5.90. The third kappa shape index (κ3) is 85.4. The van der Waals surface area contributed by atoms with E-state index in [1.165, 1.54) is 19.3 Å². The number of quaternary nitrogens is 1. The number of hydrogen-bond acceptors (Lipinski definition) is 8. The largest absolute Gasteiger partial charge is 0.545 e. The number of hydrogen-bond donors (Lipinski definition) is 0. The average Bonchev–Trinajstić information content (AvgIpc) is 0.965. The van der Waals surface area contributed by atoms with Crippen LogP contribution in [0.15, 0.2) is 279 Å². The van der Waals surface area contributed by atoms with Crippen molar-refractivity contribution in [2.75, 3.05) is 47.5 Å². The van der Waals surface area contributed by atoms with Gasteiger partial charge in [-0.1, -0.05) is 338 Å². The number of likely N-dealkylation sites (N-methyl/N-ethyl adjacent to an activating group) is 1. The first kappa shape index (κ1) is 99.3. The molecule has 0 aliphatic heterocycles. The minimum Gasteiger partial charge on any atom is -0.545 e. The third-order valence-corrected chi connectivity index (χ3v) is 16.2. The molecule has 0 aromatic heterocycles. The molecule has 2 unspecified atom stereocenters. The number of carboxylic acid groups (broad SMARTS) is 1. The summed E-state index contributed by atoms with van der Waals surface area (Å²) in [4.78, 5) is 37.6. The maximum atomic E-state index is 13.0. The van der Waals surface area contributed by atoms with Gasteiger partial charge in [-0.2, -0.15) is 0 Å². The molecule has 2 atom stereocenters. The van der Waals surface area contributed by atoms with E-state index in [0.717, 1.165) is 199 Å². The van der Waals surface area contributed by atoms with Crippen molar-refractivity contribution in [3.63, 3.8) is 0 Å². The first-order valence-corrected chi connectivity index (χ1v) is 41.1. The molecule has 592 valence electrons. The minimum absolute atomic E-state index is 0.125. The van der Waals surface area contributed by atoms with Gasteiger partial charge in [0.2, 0.25) is 0 Å². The van der Waals surface area contributed by atoms with Gasteiger partial charge in [-0.3, -0.25) is 9.59 Å². The van der Waals surface area contributed by atoms with Crippen LogP contribution in [0.1, 0.15) is 258 Å². The lowest BCUT2D eigenvalue weighted by Crippen LogP contribution is -2.44. The zero-order valence-electron chi connectivity index (χ0n) is 67.6. The minimum atomic E-state index is -1.65. The van der Waals surface area contributed by atoms with Gasteiger partial charge in [0.25, 0.3) is 0 Å². The molecule has 0 fully saturated rings. The van der Waals surface area contributed by atoms with Crippen LogP contribution in [0, 0.1) is 0 Å². The number of carbonyl (C=O) groups excluding carboxylic acids is 3. The van der Waals surface area contributed by atoms with E-state index in [-0.39, 0.29) is 38.6 Å². The van der Waals surface area contributed by atoms with Crippen LogP contribution in [0.4, 0.5) is 0 Å². The molecule has 0 spiro atoms. The Kier molecular flexibility index (Phi) is 77.9. The Morgan fingerprint density at radius 1 is 0.280 bits per heavy atom. The van der Waals surface area contributed by atoms with Crippen LogP contribution >= 0.6 is 0 Å². The Hall–Kier alpha value is -7.69. The number of carbonyl (C=O) groups is 3. The monoisotopic (exact) mass is 1470 g/mol. The van der Waals surface area contributed by atoms with Crippen molar-refractivity contribution in [1.29, 1.82) is 0 Å². The van der Waals surface area contributed by atoms with Crippen LogP contribution in [0.2, 0.25) is 0 Å². The second-order valence-electron chi connectivity index (χ2n) is 27.2. The maximum absolute atomic E-state index is 13.0. The predicted octanol–water partition coefficient (Wildman–Crippen LogP) is 25.9. The zero-order valence-corrected chi connectivity index (χ0v) is 67.6. The number of ether oxygens (including phenoxy) is 4. The second kappa shape index (κ2) is 83.9. The number of rotatable bonds is 72. The van der Waals surface area contributed by atoms with E-state index in [9.17, 15) is 19.5 Å². The lowest BCUT2D eigenvalue weighted by Gasteiger charge is -2.26. The predicted molar refractivity (Wildman–Crippen MR) is 461 cm³/mol. The van der Waals surface area contributed by atoms with Crippen LogP contribution in [0.5, 0.6) is 0 Å². The van der Waals surface area contributed by atoms with Crippen LogP contribution < -0.4 is 5.11 Å². The molecular weight excluding hydrogens is 1320 g/mol. The van der Waals surface area contributed by atoms with Crippen LogP contribution in [-0.2, 0) is 33.3 Å². The number of esters is 2. The van der Waals surface area contributed by atoms with E-state index >= 15 is 0 Å². The lowest BCUT2D eigenvalue weighted by atomic mass is 10.1. The highest BCUT2D eigenvalue weighted by molar-refractivity contribution is 5.70. The molecule has 0 aromatic rings. The quantitative estimate of drug-likeness (QED) is 0.0195. The maximum Gasteiger partial charge on any atom is 0.306 e. The summed E-state index contributed by atoms with van der Waals surface area (Å²) in [5.41, 5.74) is 0. The van der Waals surface area contributed by atoms with Crippen LogP contribution in [0.25, 0.3) is 0 Å². The van der Waals surface area contributed by atoms with Crippen molar-refractivity contribution >= 4 is 17.9 Å². The molecule has 107 heavy (non-hydrogen) atoms. The lowest BCUT2D eigenvalue weighted by molar-refractivity contribution is -0.870. The van der Waals surface area contributed by atoms with Crippen molar-refractivity contribution in [2.24, 2.45) is 0 Å². The smallest absolute Gasteiger partial charge is 0.306 e. The first-order chi connectivity index (χ1) is 52.6. The van der Waals surface area contributed by atoms with Crippen LogP contribution in [0.3, 0.4) is 0 Å². The van der Waals surface area contributed by atoms with E-state index in [1.54, 1.807) is 0 Å².